The summed E-state index contributed by atoms with van der Waals surface area (Å²) in [5.74, 6) is 0.163. The van der Waals surface area contributed by atoms with Gasteiger partial charge in [-0.15, -0.1) is 11.3 Å². The van der Waals surface area contributed by atoms with E-state index in [0.717, 1.165) is 54.2 Å². The molecule has 27 heavy (non-hydrogen) atoms. The summed E-state index contributed by atoms with van der Waals surface area (Å²) in [7, 11) is 0. The Balaban J connectivity index is 1.47. The molecule has 0 bridgehead atoms. The van der Waals surface area contributed by atoms with Crippen LogP contribution in [0.4, 0.5) is 0 Å². The number of rotatable bonds is 4. The predicted octanol–water partition coefficient (Wildman–Crippen LogP) is 4.38. The molecule has 144 valence electrons. The van der Waals surface area contributed by atoms with Crippen LogP contribution in [0.2, 0.25) is 0 Å². The van der Waals surface area contributed by atoms with Crippen LogP contribution in [0, 0.1) is 6.92 Å². The largest absolute Gasteiger partial charge is 0.335 e. The summed E-state index contributed by atoms with van der Waals surface area (Å²) in [5, 5.41) is 0.970. The predicted molar refractivity (Wildman–Crippen MR) is 111 cm³/mol. The number of carbonyl (C=O) groups is 1. The molecule has 1 aromatic carbocycles. The van der Waals surface area contributed by atoms with E-state index in [-0.39, 0.29) is 5.91 Å². The van der Waals surface area contributed by atoms with Crippen molar-refractivity contribution in [3.63, 3.8) is 0 Å². The number of benzene rings is 1. The molecule has 1 aliphatic carbocycles. The standard InChI is InChI=1S/C22H29N3OS/c1-3-17-8-4-7-11-19(17)21-23-16(2)20(27-21)22(26)25-14-12-24(13-15-25)18-9-5-6-10-18/h4,7-8,11,18H,3,5-6,9-10,12-15H2,1-2H3. The Bertz CT molecular complexity index is 802. The number of nitrogens with zero attached hydrogens (tertiary/aromatic N) is 3. The third-order valence-electron chi connectivity index (χ3n) is 6.06. The van der Waals surface area contributed by atoms with Crippen molar-refractivity contribution in [2.75, 3.05) is 26.2 Å². The molecule has 2 heterocycles. The smallest absolute Gasteiger partial charge is 0.265 e. The van der Waals surface area contributed by atoms with Gasteiger partial charge < -0.3 is 4.90 Å². The summed E-state index contributed by atoms with van der Waals surface area (Å²) >= 11 is 1.55. The normalized spacial score (nSPS) is 19.0. The minimum atomic E-state index is 0.163. The summed E-state index contributed by atoms with van der Waals surface area (Å²) in [6.07, 6.45) is 6.38. The molecule has 1 saturated heterocycles. The highest BCUT2D eigenvalue weighted by atomic mass is 32.1. The number of aryl methyl sites for hydroxylation is 2. The van der Waals surface area contributed by atoms with Gasteiger partial charge in [0.05, 0.1) is 5.69 Å². The first-order chi connectivity index (χ1) is 13.2. The van der Waals surface area contributed by atoms with Crippen molar-refractivity contribution in [3.8, 4) is 10.6 Å². The number of hydrogen-bond donors (Lipinski definition) is 0. The topological polar surface area (TPSA) is 36.4 Å². The van der Waals surface area contributed by atoms with Crippen molar-refractivity contribution >= 4 is 17.2 Å². The van der Waals surface area contributed by atoms with Crippen LogP contribution in [0.25, 0.3) is 10.6 Å². The lowest BCUT2D eigenvalue weighted by Crippen LogP contribution is -2.51. The van der Waals surface area contributed by atoms with E-state index in [1.807, 2.05) is 11.8 Å². The first-order valence-corrected chi connectivity index (χ1v) is 11.1. The van der Waals surface area contributed by atoms with E-state index in [4.69, 9.17) is 4.98 Å². The fourth-order valence-corrected chi connectivity index (χ4v) is 5.55. The highest BCUT2D eigenvalue weighted by Crippen LogP contribution is 2.32. The molecule has 2 fully saturated rings. The molecule has 0 N–H and O–H groups in total. The quantitative estimate of drug-likeness (QED) is 0.786. The summed E-state index contributed by atoms with van der Waals surface area (Å²) in [4.78, 5) is 23.3. The average molecular weight is 384 g/mol. The van der Waals surface area contributed by atoms with Gasteiger partial charge in [0.25, 0.3) is 5.91 Å². The molecule has 2 aliphatic rings. The van der Waals surface area contributed by atoms with Crippen molar-refractivity contribution < 1.29 is 4.79 Å². The average Bonchev–Trinajstić information content (AvgIpc) is 3.37. The summed E-state index contributed by atoms with van der Waals surface area (Å²) in [6.45, 7) is 7.84. The second-order valence-corrected chi connectivity index (χ2v) is 8.71. The van der Waals surface area contributed by atoms with E-state index >= 15 is 0 Å². The number of hydrogen-bond acceptors (Lipinski definition) is 4. The summed E-state index contributed by atoms with van der Waals surface area (Å²) < 4.78 is 0. The highest BCUT2D eigenvalue weighted by Gasteiger charge is 2.29. The maximum atomic E-state index is 13.1. The summed E-state index contributed by atoms with van der Waals surface area (Å²) in [5.41, 5.74) is 3.32. The molecule has 1 aliphatic heterocycles. The van der Waals surface area contributed by atoms with Crippen LogP contribution in [0.3, 0.4) is 0 Å². The third-order valence-corrected chi connectivity index (χ3v) is 7.24. The molecule has 2 aromatic rings. The van der Waals surface area contributed by atoms with Crippen molar-refractivity contribution in [3.05, 3.63) is 40.4 Å². The van der Waals surface area contributed by atoms with Crippen molar-refractivity contribution in [1.82, 2.24) is 14.8 Å². The van der Waals surface area contributed by atoms with Gasteiger partial charge in [-0.25, -0.2) is 4.98 Å². The number of carbonyl (C=O) groups excluding carboxylic acids is 1. The van der Waals surface area contributed by atoms with Gasteiger partial charge >= 0.3 is 0 Å². The molecule has 0 atom stereocenters. The van der Waals surface area contributed by atoms with E-state index in [2.05, 4.69) is 36.1 Å². The zero-order valence-corrected chi connectivity index (χ0v) is 17.2. The van der Waals surface area contributed by atoms with E-state index < -0.39 is 0 Å². The minimum Gasteiger partial charge on any atom is -0.335 e. The second kappa shape index (κ2) is 8.11. The Kier molecular flexibility index (Phi) is 5.60. The van der Waals surface area contributed by atoms with Crippen molar-refractivity contribution in [2.24, 2.45) is 0 Å². The Labute approximate surface area is 166 Å². The maximum Gasteiger partial charge on any atom is 0.265 e. The van der Waals surface area contributed by atoms with Gasteiger partial charge in [-0.05, 0) is 31.7 Å². The van der Waals surface area contributed by atoms with Crippen LogP contribution in [-0.4, -0.2) is 52.9 Å². The molecule has 1 aromatic heterocycles. The van der Waals surface area contributed by atoms with E-state index in [1.54, 1.807) is 11.3 Å². The van der Waals surface area contributed by atoms with Crippen LogP contribution in [0.1, 0.15) is 53.5 Å². The molecule has 4 nitrogen and oxygen atoms in total. The SMILES string of the molecule is CCc1ccccc1-c1nc(C)c(C(=O)N2CCN(C3CCCC3)CC2)s1. The van der Waals surface area contributed by atoms with Gasteiger partial charge in [-0.3, -0.25) is 9.69 Å². The fourth-order valence-electron chi connectivity index (χ4n) is 4.45. The molecular weight excluding hydrogens is 354 g/mol. The molecule has 5 heteroatoms. The minimum absolute atomic E-state index is 0.163. The Hall–Kier alpha value is -1.72. The number of amides is 1. The Morgan fingerprint density at radius 1 is 1.15 bits per heavy atom. The van der Waals surface area contributed by atoms with Gasteiger partial charge in [-0.2, -0.15) is 0 Å². The third kappa shape index (κ3) is 3.81. The molecule has 0 unspecified atom stereocenters. The lowest BCUT2D eigenvalue weighted by atomic mass is 10.1. The molecule has 1 saturated carbocycles. The van der Waals surface area contributed by atoms with Crippen molar-refractivity contribution in [1.29, 1.82) is 0 Å². The highest BCUT2D eigenvalue weighted by molar-refractivity contribution is 7.17. The van der Waals surface area contributed by atoms with Crippen LogP contribution in [0.5, 0.6) is 0 Å². The van der Waals surface area contributed by atoms with E-state index in [9.17, 15) is 4.79 Å². The lowest BCUT2D eigenvalue weighted by Gasteiger charge is -2.37. The van der Waals surface area contributed by atoms with Gasteiger partial charge in [0.2, 0.25) is 0 Å². The molecule has 0 radical (unpaired) electrons. The zero-order chi connectivity index (χ0) is 18.8. The van der Waals surface area contributed by atoms with Gasteiger partial charge in [0.15, 0.2) is 0 Å². The maximum absolute atomic E-state index is 13.1. The van der Waals surface area contributed by atoms with Crippen LogP contribution in [-0.2, 0) is 6.42 Å². The van der Waals surface area contributed by atoms with Crippen LogP contribution in [0.15, 0.2) is 24.3 Å². The van der Waals surface area contributed by atoms with Gasteiger partial charge in [-0.1, -0.05) is 44.0 Å². The number of aromatic nitrogens is 1. The van der Waals surface area contributed by atoms with E-state index in [1.165, 1.54) is 36.8 Å². The number of thiazole rings is 1. The van der Waals surface area contributed by atoms with Crippen LogP contribution < -0.4 is 0 Å². The Morgan fingerprint density at radius 2 is 1.85 bits per heavy atom. The number of piperazine rings is 1. The lowest BCUT2D eigenvalue weighted by molar-refractivity contribution is 0.0577. The first kappa shape index (κ1) is 18.6. The van der Waals surface area contributed by atoms with Gasteiger partial charge in [0, 0.05) is 37.8 Å². The molecule has 1 amide bonds. The molecular formula is C22H29N3OS. The summed E-state index contributed by atoms with van der Waals surface area (Å²) in [6, 6.07) is 9.14. The first-order valence-electron chi connectivity index (χ1n) is 10.3. The van der Waals surface area contributed by atoms with E-state index in [0.29, 0.717) is 0 Å². The zero-order valence-electron chi connectivity index (χ0n) is 16.4. The van der Waals surface area contributed by atoms with Crippen molar-refractivity contribution in [2.45, 2.75) is 52.0 Å². The van der Waals surface area contributed by atoms with Gasteiger partial charge in [0.1, 0.15) is 9.88 Å². The van der Waals surface area contributed by atoms with Crippen LogP contribution >= 0.6 is 11.3 Å². The Morgan fingerprint density at radius 3 is 2.56 bits per heavy atom. The fraction of sp³-hybridized carbons (Fsp3) is 0.545. The monoisotopic (exact) mass is 383 g/mol. The molecule has 0 spiro atoms. The second-order valence-electron chi connectivity index (χ2n) is 7.71. The molecule has 4 rings (SSSR count).